The fraction of sp³-hybridized carbons (Fsp3) is 0.500. The van der Waals surface area contributed by atoms with Crippen molar-refractivity contribution < 1.29 is 18.3 Å². The molecular formula is C8H12N2O4S2. The first-order chi connectivity index (χ1) is 7.36. The van der Waals surface area contributed by atoms with E-state index in [1.807, 2.05) is 0 Å². The molecule has 0 bridgehead atoms. The third kappa shape index (κ3) is 3.00. The number of hydrogen-bond acceptors (Lipinski definition) is 5. The van der Waals surface area contributed by atoms with Gasteiger partial charge in [-0.1, -0.05) is 6.92 Å². The van der Waals surface area contributed by atoms with Gasteiger partial charge in [0.05, 0.1) is 11.2 Å². The van der Waals surface area contributed by atoms with Crippen molar-refractivity contribution in [2.45, 2.75) is 30.5 Å². The number of sulfonamides is 1. The maximum atomic E-state index is 11.7. The van der Waals surface area contributed by atoms with E-state index in [-0.39, 0.29) is 10.6 Å². The lowest BCUT2D eigenvalue weighted by Crippen LogP contribution is -2.39. The summed E-state index contributed by atoms with van der Waals surface area (Å²) >= 11 is 1.00. The van der Waals surface area contributed by atoms with E-state index in [1.54, 1.807) is 13.8 Å². The first kappa shape index (κ1) is 13.1. The van der Waals surface area contributed by atoms with E-state index >= 15 is 0 Å². The van der Waals surface area contributed by atoms with Crippen LogP contribution in [0.2, 0.25) is 0 Å². The Morgan fingerprint density at radius 3 is 2.69 bits per heavy atom. The quantitative estimate of drug-likeness (QED) is 0.811. The summed E-state index contributed by atoms with van der Waals surface area (Å²) in [6.07, 6.45) is 1.41. The molecule has 0 saturated carbocycles. The lowest BCUT2D eigenvalue weighted by Gasteiger charge is -2.10. The Morgan fingerprint density at radius 2 is 2.31 bits per heavy atom. The van der Waals surface area contributed by atoms with Crippen molar-refractivity contribution in [3.05, 3.63) is 11.2 Å². The largest absolute Gasteiger partial charge is 0.480 e. The third-order valence-electron chi connectivity index (χ3n) is 1.87. The molecule has 0 aliphatic rings. The fourth-order valence-electron chi connectivity index (χ4n) is 1.02. The second-order valence-corrected chi connectivity index (χ2v) is 6.29. The van der Waals surface area contributed by atoms with Crippen molar-refractivity contribution in [2.75, 3.05) is 0 Å². The van der Waals surface area contributed by atoms with Crippen molar-refractivity contribution in [2.24, 2.45) is 0 Å². The monoisotopic (exact) mass is 264 g/mol. The zero-order valence-corrected chi connectivity index (χ0v) is 10.4. The first-order valence-corrected chi connectivity index (χ1v) is 6.84. The van der Waals surface area contributed by atoms with Crippen LogP contribution in [0.4, 0.5) is 0 Å². The number of thiazole rings is 1. The predicted molar refractivity (Wildman–Crippen MR) is 58.9 cm³/mol. The van der Waals surface area contributed by atoms with E-state index in [2.05, 4.69) is 9.71 Å². The molecule has 0 aromatic carbocycles. The normalized spacial score (nSPS) is 13.6. The van der Waals surface area contributed by atoms with E-state index in [0.717, 1.165) is 11.3 Å². The summed E-state index contributed by atoms with van der Waals surface area (Å²) in [6, 6.07) is -1.10. The molecule has 2 N–H and O–H groups in total. The van der Waals surface area contributed by atoms with Crippen LogP contribution in [0.15, 0.2) is 10.4 Å². The van der Waals surface area contributed by atoms with Gasteiger partial charge in [0.1, 0.15) is 6.04 Å². The van der Waals surface area contributed by atoms with E-state index in [1.165, 1.54) is 6.20 Å². The number of hydrogen-bond donors (Lipinski definition) is 2. The highest BCUT2D eigenvalue weighted by Crippen LogP contribution is 2.18. The van der Waals surface area contributed by atoms with Gasteiger partial charge in [0.25, 0.3) is 10.0 Å². The van der Waals surface area contributed by atoms with Gasteiger partial charge in [0, 0.05) is 0 Å². The minimum Gasteiger partial charge on any atom is -0.480 e. The summed E-state index contributed by atoms with van der Waals surface area (Å²) in [7, 11) is -3.77. The number of nitrogens with zero attached hydrogens (tertiary/aromatic N) is 1. The average molecular weight is 264 g/mol. The summed E-state index contributed by atoms with van der Waals surface area (Å²) in [5.41, 5.74) is 0. The number of aliphatic carboxylic acids is 1. The molecule has 0 radical (unpaired) electrons. The minimum absolute atomic E-state index is 0.0321. The van der Waals surface area contributed by atoms with Crippen molar-refractivity contribution in [1.29, 1.82) is 0 Å². The lowest BCUT2D eigenvalue weighted by molar-refractivity contribution is -0.139. The topological polar surface area (TPSA) is 96.4 Å². The van der Waals surface area contributed by atoms with Crippen LogP contribution in [0.25, 0.3) is 0 Å². The molecule has 8 heteroatoms. The van der Waals surface area contributed by atoms with Gasteiger partial charge in [-0.2, -0.15) is 4.72 Å². The Hall–Kier alpha value is -0.990. The standard InChI is InChI=1S/C8H12N2O4S2/c1-3-6(8(11)12)10-16(13,14)7-4-9-5(2)15-7/h4,6,10H,3H2,1-2H3,(H,11,12). The minimum atomic E-state index is -3.77. The van der Waals surface area contributed by atoms with Crippen molar-refractivity contribution in [3.8, 4) is 0 Å². The summed E-state index contributed by atoms with van der Waals surface area (Å²) in [5.74, 6) is -1.19. The second-order valence-electron chi connectivity index (χ2n) is 3.12. The van der Waals surface area contributed by atoms with Crippen molar-refractivity contribution in [1.82, 2.24) is 9.71 Å². The van der Waals surface area contributed by atoms with Gasteiger partial charge >= 0.3 is 5.97 Å². The number of nitrogens with one attached hydrogen (secondary N) is 1. The highest BCUT2D eigenvalue weighted by atomic mass is 32.2. The molecule has 1 aromatic heterocycles. The average Bonchev–Trinajstić information content (AvgIpc) is 2.61. The number of carboxylic acid groups (broad SMARTS) is 1. The molecule has 1 aromatic rings. The Bertz CT molecular complexity index is 480. The van der Waals surface area contributed by atoms with Crippen LogP contribution in [-0.4, -0.2) is 30.5 Å². The van der Waals surface area contributed by atoms with E-state index in [0.29, 0.717) is 5.01 Å². The summed E-state index contributed by atoms with van der Waals surface area (Å²) in [4.78, 5) is 14.5. The Kier molecular flexibility index (Phi) is 4.00. The van der Waals surface area contributed by atoms with Gasteiger partial charge < -0.3 is 5.11 Å². The van der Waals surface area contributed by atoms with Crippen LogP contribution in [0.1, 0.15) is 18.4 Å². The summed E-state index contributed by atoms with van der Waals surface area (Å²) < 4.78 is 25.6. The molecule has 1 atom stereocenters. The maximum Gasteiger partial charge on any atom is 0.321 e. The third-order valence-corrected chi connectivity index (χ3v) is 4.71. The molecule has 0 aliphatic carbocycles. The SMILES string of the molecule is CCC(NS(=O)(=O)c1cnc(C)s1)C(=O)O. The van der Waals surface area contributed by atoms with Gasteiger partial charge in [-0.05, 0) is 13.3 Å². The highest BCUT2D eigenvalue weighted by Gasteiger charge is 2.25. The number of rotatable bonds is 5. The van der Waals surface area contributed by atoms with E-state index in [4.69, 9.17) is 5.11 Å². The summed E-state index contributed by atoms with van der Waals surface area (Å²) in [6.45, 7) is 3.28. The Labute approximate surface area is 97.4 Å². The second kappa shape index (κ2) is 4.89. The molecule has 6 nitrogen and oxygen atoms in total. The fourth-order valence-corrected chi connectivity index (χ4v) is 3.42. The molecule has 0 fully saturated rings. The number of aromatic nitrogens is 1. The van der Waals surface area contributed by atoms with Crippen LogP contribution in [0.3, 0.4) is 0 Å². The van der Waals surface area contributed by atoms with Gasteiger partial charge in [-0.25, -0.2) is 13.4 Å². The molecule has 1 unspecified atom stereocenters. The van der Waals surface area contributed by atoms with Gasteiger partial charge in [-0.15, -0.1) is 11.3 Å². The molecule has 0 amide bonds. The molecule has 1 rings (SSSR count). The van der Waals surface area contributed by atoms with Gasteiger partial charge in [0.15, 0.2) is 4.21 Å². The number of carboxylic acids is 1. The van der Waals surface area contributed by atoms with Gasteiger partial charge in [-0.3, -0.25) is 4.79 Å². The first-order valence-electron chi connectivity index (χ1n) is 4.54. The molecule has 16 heavy (non-hydrogen) atoms. The summed E-state index contributed by atoms with van der Waals surface area (Å²) in [5, 5.41) is 9.36. The van der Waals surface area contributed by atoms with Crippen molar-refractivity contribution in [3.63, 3.8) is 0 Å². The van der Waals surface area contributed by atoms with E-state index in [9.17, 15) is 13.2 Å². The molecule has 0 spiro atoms. The number of aryl methyl sites for hydroxylation is 1. The zero-order chi connectivity index (χ0) is 12.3. The molecule has 1 heterocycles. The number of carbonyl (C=O) groups is 1. The lowest BCUT2D eigenvalue weighted by atomic mass is 10.2. The predicted octanol–water partition coefficient (Wildman–Crippen LogP) is 0.593. The van der Waals surface area contributed by atoms with Crippen LogP contribution < -0.4 is 4.72 Å². The maximum absolute atomic E-state index is 11.7. The molecule has 90 valence electrons. The van der Waals surface area contributed by atoms with Crippen LogP contribution >= 0.6 is 11.3 Å². The molecular weight excluding hydrogens is 252 g/mol. The van der Waals surface area contributed by atoms with Crippen LogP contribution in [0, 0.1) is 6.92 Å². The Balaban J connectivity index is 2.91. The molecule has 0 saturated heterocycles. The van der Waals surface area contributed by atoms with E-state index < -0.39 is 22.0 Å². The van der Waals surface area contributed by atoms with Gasteiger partial charge in [0.2, 0.25) is 0 Å². The highest BCUT2D eigenvalue weighted by molar-refractivity contribution is 7.91. The smallest absolute Gasteiger partial charge is 0.321 e. The molecule has 0 aliphatic heterocycles. The zero-order valence-electron chi connectivity index (χ0n) is 8.80. The van der Waals surface area contributed by atoms with Crippen LogP contribution in [-0.2, 0) is 14.8 Å². The van der Waals surface area contributed by atoms with Crippen LogP contribution in [0.5, 0.6) is 0 Å². The Morgan fingerprint density at radius 1 is 1.69 bits per heavy atom. The van der Waals surface area contributed by atoms with Crippen molar-refractivity contribution >= 4 is 27.3 Å².